The van der Waals surface area contributed by atoms with Crippen molar-refractivity contribution in [3.05, 3.63) is 70.3 Å². The molecule has 2 aliphatic rings. The highest BCUT2D eigenvalue weighted by Gasteiger charge is 2.44. The van der Waals surface area contributed by atoms with Gasteiger partial charge in [0.15, 0.2) is 5.78 Å². The fourth-order valence-electron chi connectivity index (χ4n) is 5.71. The van der Waals surface area contributed by atoms with E-state index in [1.54, 1.807) is 0 Å². The van der Waals surface area contributed by atoms with Gasteiger partial charge in [0.2, 0.25) is 0 Å². The molecule has 2 heterocycles. The second-order valence-corrected chi connectivity index (χ2v) is 9.38. The van der Waals surface area contributed by atoms with Gasteiger partial charge in [-0.1, -0.05) is 61.9 Å². The zero-order chi connectivity index (χ0) is 22.7. The van der Waals surface area contributed by atoms with E-state index in [0.29, 0.717) is 6.61 Å². The summed E-state index contributed by atoms with van der Waals surface area (Å²) >= 11 is 0. The van der Waals surface area contributed by atoms with Gasteiger partial charge in [0, 0.05) is 23.6 Å². The van der Waals surface area contributed by atoms with E-state index in [1.807, 2.05) is 35.2 Å². The van der Waals surface area contributed by atoms with Crippen molar-refractivity contribution in [2.45, 2.75) is 84.4 Å². The van der Waals surface area contributed by atoms with Gasteiger partial charge in [-0.15, -0.1) is 0 Å². The number of ether oxygens (including phenoxy) is 1. The molecule has 1 amide bonds. The lowest BCUT2D eigenvalue weighted by atomic mass is 9.74. The molecule has 2 aromatic carbocycles. The molecule has 2 aromatic rings. The first-order valence-corrected chi connectivity index (χ1v) is 12.2. The molecule has 2 saturated heterocycles. The Hall–Kier alpha value is -2.62. The molecule has 4 nitrogen and oxygen atoms in total. The van der Waals surface area contributed by atoms with E-state index in [2.05, 4.69) is 32.9 Å². The molecule has 0 spiro atoms. The summed E-state index contributed by atoms with van der Waals surface area (Å²) in [7, 11) is 0. The van der Waals surface area contributed by atoms with Gasteiger partial charge in [-0.05, 0) is 68.6 Å². The first-order chi connectivity index (χ1) is 15.5. The number of rotatable bonds is 6. The van der Waals surface area contributed by atoms with Crippen molar-refractivity contribution in [1.82, 2.24) is 4.90 Å². The van der Waals surface area contributed by atoms with Crippen LogP contribution in [0.1, 0.15) is 78.6 Å². The summed E-state index contributed by atoms with van der Waals surface area (Å²) in [5.74, 6) is 0.273. The summed E-state index contributed by atoms with van der Waals surface area (Å²) in [4.78, 5) is 28.7. The number of aryl methyl sites for hydroxylation is 3. The Morgan fingerprint density at radius 1 is 0.969 bits per heavy atom. The van der Waals surface area contributed by atoms with E-state index in [-0.39, 0.29) is 29.9 Å². The Morgan fingerprint density at radius 3 is 2.12 bits per heavy atom. The number of amides is 1. The molecule has 2 bridgehead atoms. The molecule has 170 valence electrons. The monoisotopic (exact) mass is 433 g/mol. The summed E-state index contributed by atoms with van der Waals surface area (Å²) in [6, 6.07) is 14.3. The molecule has 0 N–H and O–H groups in total. The lowest BCUT2D eigenvalue weighted by Gasteiger charge is -2.47. The maximum atomic E-state index is 13.8. The number of hydrogen-bond donors (Lipinski definition) is 0. The van der Waals surface area contributed by atoms with Crippen LogP contribution in [0.4, 0.5) is 4.79 Å². The molecular weight excluding hydrogens is 398 g/mol. The minimum Gasteiger partial charge on any atom is -0.445 e. The van der Waals surface area contributed by atoms with Crippen LogP contribution in [-0.4, -0.2) is 28.9 Å². The van der Waals surface area contributed by atoms with E-state index in [4.69, 9.17) is 4.74 Å². The van der Waals surface area contributed by atoms with Crippen LogP contribution in [0, 0.1) is 12.8 Å². The number of Topliss-reactive ketones (excluding diaryl/α,β-unsaturated/α-hetero) is 1. The van der Waals surface area contributed by atoms with E-state index < -0.39 is 0 Å². The van der Waals surface area contributed by atoms with Crippen molar-refractivity contribution in [2.75, 3.05) is 0 Å². The minimum atomic E-state index is -0.228. The van der Waals surface area contributed by atoms with Crippen LogP contribution < -0.4 is 0 Å². The molecule has 0 aromatic heterocycles. The van der Waals surface area contributed by atoms with Crippen molar-refractivity contribution < 1.29 is 14.3 Å². The largest absolute Gasteiger partial charge is 0.445 e. The third-order valence-corrected chi connectivity index (χ3v) is 7.22. The molecule has 0 saturated carbocycles. The minimum absolute atomic E-state index is 0.0122. The lowest BCUT2D eigenvalue weighted by molar-refractivity contribution is 0.00468. The summed E-state index contributed by atoms with van der Waals surface area (Å²) < 4.78 is 5.67. The Bertz CT molecular complexity index is 929. The number of nitrogens with zero attached hydrogens (tertiary/aromatic N) is 1. The zero-order valence-electron chi connectivity index (χ0n) is 19.6. The van der Waals surface area contributed by atoms with Crippen molar-refractivity contribution >= 4 is 11.9 Å². The van der Waals surface area contributed by atoms with Crippen LogP contribution >= 0.6 is 0 Å². The summed E-state index contributed by atoms with van der Waals surface area (Å²) in [6.45, 7) is 6.66. The maximum absolute atomic E-state index is 13.8. The SMILES string of the molecule is CCc1cc(C)cc(CC)c1C(=O)C1CC2CCCC(C1)N2C(=O)OCc1ccccc1. The van der Waals surface area contributed by atoms with Gasteiger partial charge in [-0.3, -0.25) is 4.79 Å². The number of ketones is 1. The molecule has 2 aliphatic heterocycles. The normalized spacial score (nSPS) is 22.5. The average molecular weight is 434 g/mol. The highest BCUT2D eigenvalue weighted by Crippen LogP contribution is 2.39. The third-order valence-electron chi connectivity index (χ3n) is 7.22. The number of carbonyl (C=O) groups is 2. The average Bonchev–Trinajstić information content (AvgIpc) is 2.81. The van der Waals surface area contributed by atoms with E-state index in [1.165, 1.54) is 16.7 Å². The zero-order valence-corrected chi connectivity index (χ0v) is 19.6. The van der Waals surface area contributed by atoms with Gasteiger partial charge in [0.05, 0.1) is 0 Å². The van der Waals surface area contributed by atoms with Gasteiger partial charge < -0.3 is 9.64 Å². The van der Waals surface area contributed by atoms with Gasteiger partial charge in [-0.2, -0.15) is 0 Å². The number of hydrogen-bond acceptors (Lipinski definition) is 3. The summed E-state index contributed by atoms with van der Waals surface area (Å²) in [6.07, 6.45) is 6.02. The summed E-state index contributed by atoms with van der Waals surface area (Å²) in [5.41, 5.74) is 5.50. The number of piperidine rings is 2. The van der Waals surface area contributed by atoms with Crippen LogP contribution in [0.5, 0.6) is 0 Å². The van der Waals surface area contributed by atoms with Crippen molar-refractivity contribution in [3.63, 3.8) is 0 Å². The van der Waals surface area contributed by atoms with Gasteiger partial charge in [0.1, 0.15) is 6.61 Å². The Morgan fingerprint density at radius 2 is 1.56 bits per heavy atom. The first kappa shape index (κ1) is 22.6. The Kier molecular flexibility index (Phi) is 6.98. The quantitative estimate of drug-likeness (QED) is 0.504. The van der Waals surface area contributed by atoms with Gasteiger partial charge in [-0.25, -0.2) is 4.79 Å². The van der Waals surface area contributed by atoms with Crippen LogP contribution in [0.25, 0.3) is 0 Å². The predicted octanol–water partition coefficient (Wildman–Crippen LogP) is 6.27. The highest BCUT2D eigenvalue weighted by molar-refractivity contribution is 6.01. The topological polar surface area (TPSA) is 46.6 Å². The van der Waals surface area contributed by atoms with Gasteiger partial charge in [0.25, 0.3) is 0 Å². The Labute approximate surface area is 192 Å². The Balaban J connectivity index is 1.50. The molecule has 2 atom stereocenters. The van der Waals surface area contributed by atoms with E-state index >= 15 is 0 Å². The van der Waals surface area contributed by atoms with E-state index in [9.17, 15) is 9.59 Å². The van der Waals surface area contributed by atoms with Crippen LogP contribution in [0.3, 0.4) is 0 Å². The lowest BCUT2D eigenvalue weighted by Crippen LogP contribution is -2.55. The molecule has 4 heteroatoms. The number of fused-ring (bicyclic) bond motifs is 2. The standard InChI is InChI=1S/C28H35NO3/c1-4-21-14-19(3)15-22(5-2)26(21)27(30)23-16-24-12-9-13-25(17-23)29(24)28(31)32-18-20-10-7-6-8-11-20/h6-8,10-11,14-15,23-25H,4-5,9,12-13,16-18H2,1-3H3. The molecule has 2 fully saturated rings. The molecule has 4 rings (SSSR count). The van der Waals surface area contributed by atoms with Crippen LogP contribution in [0.2, 0.25) is 0 Å². The fraction of sp³-hybridized carbons (Fsp3) is 0.500. The van der Waals surface area contributed by atoms with Crippen molar-refractivity contribution in [1.29, 1.82) is 0 Å². The molecule has 0 aliphatic carbocycles. The highest BCUT2D eigenvalue weighted by atomic mass is 16.6. The first-order valence-electron chi connectivity index (χ1n) is 12.2. The van der Waals surface area contributed by atoms with E-state index in [0.717, 1.165) is 56.1 Å². The molecular formula is C28H35NO3. The molecule has 2 unspecified atom stereocenters. The van der Waals surface area contributed by atoms with Crippen molar-refractivity contribution in [2.24, 2.45) is 5.92 Å². The third kappa shape index (κ3) is 4.60. The predicted molar refractivity (Wildman–Crippen MR) is 127 cm³/mol. The maximum Gasteiger partial charge on any atom is 0.410 e. The number of carbonyl (C=O) groups excluding carboxylic acids is 2. The summed E-state index contributed by atoms with van der Waals surface area (Å²) in [5, 5.41) is 0. The van der Waals surface area contributed by atoms with Gasteiger partial charge >= 0.3 is 6.09 Å². The fourth-order valence-corrected chi connectivity index (χ4v) is 5.71. The number of benzene rings is 2. The molecule has 0 radical (unpaired) electrons. The molecule has 32 heavy (non-hydrogen) atoms. The van der Waals surface area contributed by atoms with Crippen molar-refractivity contribution in [3.8, 4) is 0 Å². The van der Waals surface area contributed by atoms with Crippen LogP contribution in [-0.2, 0) is 24.2 Å². The second kappa shape index (κ2) is 9.89. The van der Waals surface area contributed by atoms with Crippen LogP contribution in [0.15, 0.2) is 42.5 Å². The second-order valence-electron chi connectivity index (χ2n) is 9.38. The smallest absolute Gasteiger partial charge is 0.410 e.